The summed E-state index contributed by atoms with van der Waals surface area (Å²) in [5.41, 5.74) is 0. The van der Waals surface area contributed by atoms with Crippen molar-refractivity contribution in [3.63, 3.8) is 0 Å². The zero-order valence-electron chi connectivity index (χ0n) is 9.69. The van der Waals surface area contributed by atoms with E-state index in [0.717, 1.165) is 29.9 Å². The molecule has 0 radical (unpaired) electrons. The van der Waals surface area contributed by atoms with Gasteiger partial charge in [0.05, 0.1) is 0 Å². The average molecular weight is 442 g/mol. The van der Waals surface area contributed by atoms with Gasteiger partial charge in [-0.2, -0.15) is 0 Å². The predicted molar refractivity (Wildman–Crippen MR) is 91.2 cm³/mol. The first-order valence-electron chi connectivity index (χ1n) is 6.08. The van der Waals surface area contributed by atoms with Crippen LogP contribution < -0.4 is 0 Å². The van der Waals surface area contributed by atoms with Crippen molar-refractivity contribution in [3.8, 4) is 0 Å². The molecule has 0 saturated carbocycles. The molecule has 0 saturated heterocycles. The minimum atomic E-state index is 0.731. The van der Waals surface area contributed by atoms with Gasteiger partial charge >= 0.3 is 139 Å². The van der Waals surface area contributed by atoms with Crippen LogP contribution in [-0.2, 0) is 0 Å². The molecule has 0 unspecified atom stereocenters. The first kappa shape index (κ1) is 13.3. The van der Waals surface area contributed by atoms with Gasteiger partial charge < -0.3 is 0 Å². The van der Waals surface area contributed by atoms with Crippen molar-refractivity contribution >= 4 is 77.0 Å². The first-order valence-corrected chi connectivity index (χ1v) is 13.1. The van der Waals surface area contributed by atoms with E-state index in [9.17, 15) is 0 Å². The van der Waals surface area contributed by atoms with Crippen molar-refractivity contribution in [3.05, 3.63) is 25.0 Å². The van der Waals surface area contributed by atoms with Crippen LogP contribution in [0.25, 0.3) is 0 Å². The standard InChI is InChI=1S/C12H12S4Se2/c1-2-4-8-7(3-1)17-12(18-8)11-15-9-10(16-11)14-6-5-13-9/h1-6H2. The summed E-state index contributed by atoms with van der Waals surface area (Å²) in [5, 5.41) is 0. The molecule has 0 atom stereocenters. The van der Waals surface area contributed by atoms with Gasteiger partial charge in [-0.1, -0.05) is 0 Å². The monoisotopic (exact) mass is 444 g/mol. The normalized spacial score (nSPS) is 28.0. The number of hydrogen-bond donors (Lipinski definition) is 0. The summed E-state index contributed by atoms with van der Waals surface area (Å²) < 4.78 is 10.6. The minimum absolute atomic E-state index is 0.731. The maximum atomic E-state index is 2.11. The molecule has 0 spiro atoms. The summed E-state index contributed by atoms with van der Waals surface area (Å²) in [6.45, 7) is 0. The van der Waals surface area contributed by atoms with Crippen LogP contribution in [0.15, 0.2) is 25.0 Å². The molecule has 4 aliphatic rings. The average Bonchev–Trinajstić information content (AvgIpc) is 3.02. The zero-order valence-corrected chi connectivity index (χ0v) is 16.4. The summed E-state index contributed by atoms with van der Waals surface area (Å²) in [7, 11) is 0. The second-order valence-electron chi connectivity index (χ2n) is 4.31. The van der Waals surface area contributed by atoms with Crippen LogP contribution >= 0.6 is 47.0 Å². The molecule has 0 fully saturated rings. The Morgan fingerprint density at radius 2 is 1.28 bits per heavy atom. The van der Waals surface area contributed by atoms with Gasteiger partial charge in [-0.15, -0.1) is 0 Å². The molecule has 0 N–H and O–H groups in total. The van der Waals surface area contributed by atoms with Gasteiger partial charge in [0.1, 0.15) is 0 Å². The molecular formula is C12H12S4Se2. The number of hydrogen-bond acceptors (Lipinski definition) is 4. The predicted octanol–water partition coefficient (Wildman–Crippen LogP) is 4.41. The molecular weight excluding hydrogens is 430 g/mol. The molecule has 4 rings (SSSR count). The van der Waals surface area contributed by atoms with E-state index in [0.29, 0.717) is 0 Å². The SMILES string of the molecule is C1CCC2=C(C1)[Se]C(=C1SC3=C(SCCS3)S1)[Se]2. The van der Waals surface area contributed by atoms with E-state index in [1.54, 1.807) is 12.7 Å². The number of thioether (sulfide) groups is 4. The number of rotatable bonds is 0. The van der Waals surface area contributed by atoms with E-state index in [1.165, 1.54) is 37.2 Å². The van der Waals surface area contributed by atoms with Crippen LogP contribution in [0.4, 0.5) is 0 Å². The molecule has 18 heavy (non-hydrogen) atoms. The molecule has 0 amide bonds. The molecule has 96 valence electrons. The second kappa shape index (κ2) is 5.81. The van der Waals surface area contributed by atoms with E-state index >= 15 is 0 Å². The van der Waals surface area contributed by atoms with E-state index in [2.05, 4.69) is 47.0 Å². The summed E-state index contributed by atoms with van der Waals surface area (Å²) in [5.74, 6) is 2.62. The third-order valence-corrected chi connectivity index (χ3v) is 17.0. The van der Waals surface area contributed by atoms with Crippen molar-refractivity contribution in [2.75, 3.05) is 11.5 Å². The third kappa shape index (κ3) is 2.57. The quantitative estimate of drug-likeness (QED) is 0.510. The Morgan fingerprint density at radius 3 is 1.83 bits per heavy atom. The fraction of sp³-hybridized carbons (Fsp3) is 0.500. The summed E-state index contributed by atoms with van der Waals surface area (Å²) in [6, 6.07) is 0. The fourth-order valence-corrected chi connectivity index (χ4v) is 16.6. The molecule has 0 bridgehead atoms. The van der Waals surface area contributed by atoms with Gasteiger partial charge in [0.15, 0.2) is 0 Å². The Kier molecular flexibility index (Phi) is 4.30. The summed E-state index contributed by atoms with van der Waals surface area (Å²) >= 11 is 9.85. The summed E-state index contributed by atoms with van der Waals surface area (Å²) in [4.78, 5) is 0. The molecule has 1 aliphatic carbocycles. The molecule has 3 heterocycles. The molecule has 0 aromatic carbocycles. The van der Waals surface area contributed by atoms with Gasteiger partial charge in [-0.05, 0) is 0 Å². The van der Waals surface area contributed by atoms with Gasteiger partial charge in [0, 0.05) is 0 Å². The molecule has 0 aromatic rings. The Labute approximate surface area is 138 Å². The maximum absolute atomic E-state index is 2.11. The van der Waals surface area contributed by atoms with Crippen LogP contribution in [0.2, 0.25) is 0 Å². The van der Waals surface area contributed by atoms with Crippen LogP contribution in [0.1, 0.15) is 25.7 Å². The van der Waals surface area contributed by atoms with Crippen molar-refractivity contribution in [1.82, 2.24) is 0 Å². The van der Waals surface area contributed by atoms with Crippen molar-refractivity contribution in [2.24, 2.45) is 0 Å². The van der Waals surface area contributed by atoms with E-state index in [4.69, 9.17) is 0 Å². The first-order chi connectivity index (χ1) is 8.90. The van der Waals surface area contributed by atoms with Crippen LogP contribution in [0.5, 0.6) is 0 Å². The molecule has 3 aliphatic heterocycles. The van der Waals surface area contributed by atoms with Gasteiger partial charge in [0.25, 0.3) is 0 Å². The second-order valence-corrected chi connectivity index (χ2v) is 15.3. The summed E-state index contributed by atoms with van der Waals surface area (Å²) in [6.07, 6.45) is 5.78. The van der Waals surface area contributed by atoms with Crippen molar-refractivity contribution in [2.45, 2.75) is 25.7 Å². The van der Waals surface area contributed by atoms with Crippen LogP contribution in [0, 0.1) is 0 Å². The van der Waals surface area contributed by atoms with Crippen LogP contribution in [-0.4, -0.2) is 41.4 Å². The Morgan fingerprint density at radius 1 is 0.722 bits per heavy atom. The molecule has 6 heteroatoms. The topological polar surface area (TPSA) is 0 Å². The Balaban J connectivity index is 1.54. The van der Waals surface area contributed by atoms with Gasteiger partial charge in [-0.3, -0.25) is 0 Å². The van der Waals surface area contributed by atoms with E-state index in [1.807, 2.05) is 12.3 Å². The van der Waals surface area contributed by atoms with Crippen LogP contribution in [0.3, 0.4) is 0 Å². The third-order valence-electron chi connectivity index (χ3n) is 3.05. The van der Waals surface area contributed by atoms with E-state index in [-0.39, 0.29) is 0 Å². The van der Waals surface area contributed by atoms with Gasteiger partial charge in [0.2, 0.25) is 0 Å². The fourth-order valence-electron chi connectivity index (χ4n) is 2.20. The zero-order chi connectivity index (χ0) is 11.9. The number of allylic oxidation sites excluding steroid dienone is 2. The Bertz CT molecular complexity index is 408. The molecule has 0 aromatic heterocycles. The van der Waals surface area contributed by atoms with Crippen molar-refractivity contribution in [1.29, 1.82) is 0 Å². The Hall–Kier alpha value is 1.66. The van der Waals surface area contributed by atoms with Crippen molar-refractivity contribution < 1.29 is 0 Å². The van der Waals surface area contributed by atoms with E-state index < -0.39 is 0 Å². The van der Waals surface area contributed by atoms with Gasteiger partial charge in [-0.25, -0.2) is 0 Å². The molecule has 0 nitrogen and oxygen atoms in total.